The summed E-state index contributed by atoms with van der Waals surface area (Å²) in [5.74, 6) is 0.894. The van der Waals surface area contributed by atoms with Crippen LogP contribution in [-0.2, 0) is 22.5 Å². The predicted molar refractivity (Wildman–Crippen MR) is 123 cm³/mol. The maximum absolute atomic E-state index is 12.2. The third kappa shape index (κ3) is 7.42. The van der Waals surface area contributed by atoms with Crippen LogP contribution in [0, 0.1) is 0 Å². The number of likely N-dealkylation sites (N-methyl/N-ethyl adjacent to an activating group) is 1. The maximum atomic E-state index is 12.2. The highest BCUT2D eigenvalue weighted by atomic mass is 79.9. The number of ether oxygens (including phenoxy) is 2. The Balaban J connectivity index is 1.38. The highest BCUT2D eigenvalue weighted by molar-refractivity contribution is 9.10. The minimum absolute atomic E-state index is 0.0511. The molecule has 1 N–H and O–H groups in total. The van der Waals surface area contributed by atoms with Crippen LogP contribution in [0.1, 0.15) is 30.4 Å². The molecule has 1 aliphatic rings. The van der Waals surface area contributed by atoms with E-state index in [0.29, 0.717) is 25.6 Å². The van der Waals surface area contributed by atoms with E-state index in [1.54, 1.807) is 0 Å². The van der Waals surface area contributed by atoms with Gasteiger partial charge in [0.1, 0.15) is 12.4 Å². The van der Waals surface area contributed by atoms with Crippen molar-refractivity contribution in [3.8, 4) is 5.75 Å². The van der Waals surface area contributed by atoms with Gasteiger partial charge in [-0.25, -0.2) is 0 Å². The standard InChI is InChI=1S/C24H31BrN2O3/c1-27(21-11-14-29-15-12-21)13-16-30-22-7-4-5-19(17-22)18-26-24(28)10-9-20-6-2-3-8-23(20)25/h2-8,17,21H,9-16,18H2,1H3,(H,26,28). The van der Waals surface area contributed by atoms with Crippen LogP contribution in [0.5, 0.6) is 5.75 Å². The Morgan fingerprint density at radius 2 is 2.00 bits per heavy atom. The topological polar surface area (TPSA) is 50.8 Å². The van der Waals surface area contributed by atoms with E-state index in [1.165, 1.54) is 0 Å². The van der Waals surface area contributed by atoms with Crippen LogP contribution in [-0.4, -0.2) is 50.3 Å². The Labute approximate surface area is 187 Å². The van der Waals surface area contributed by atoms with Gasteiger partial charge < -0.3 is 14.8 Å². The first-order chi connectivity index (χ1) is 14.6. The molecule has 3 rings (SSSR count). The summed E-state index contributed by atoms with van der Waals surface area (Å²) in [6.07, 6.45) is 3.37. The lowest BCUT2D eigenvalue weighted by Gasteiger charge is -2.31. The van der Waals surface area contributed by atoms with Gasteiger partial charge in [-0.2, -0.15) is 0 Å². The quantitative estimate of drug-likeness (QED) is 0.560. The molecule has 0 radical (unpaired) electrons. The predicted octanol–water partition coefficient (Wildman–Crippen LogP) is 4.19. The van der Waals surface area contributed by atoms with Crippen molar-refractivity contribution in [1.82, 2.24) is 10.2 Å². The van der Waals surface area contributed by atoms with Crippen LogP contribution < -0.4 is 10.1 Å². The molecule has 30 heavy (non-hydrogen) atoms. The fourth-order valence-electron chi connectivity index (χ4n) is 3.60. The molecule has 1 aliphatic heterocycles. The molecule has 0 bridgehead atoms. The Kier molecular flexibility index (Phi) is 9.18. The molecule has 1 heterocycles. The zero-order valence-corrected chi connectivity index (χ0v) is 19.2. The molecule has 0 aromatic heterocycles. The van der Waals surface area contributed by atoms with Gasteiger partial charge in [0.25, 0.3) is 0 Å². The fourth-order valence-corrected chi connectivity index (χ4v) is 4.08. The molecule has 0 saturated carbocycles. The molecule has 1 amide bonds. The second kappa shape index (κ2) is 12.1. The van der Waals surface area contributed by atoms with Gasteiger partial charge in [0.05, 0.1) is 0 Å². The SMILES string of the molecule is CN(CCOc1cccc(CNC(=O)CCc2ccccc2Br)c1)C1CCOCC1. The van der Waals surface area contributed by atoms with Crippen molar-refractivity contribution >= 4 is 21.8 Å². The second-order valence-corrected chi connectivity index (χ2v) is 8.54. The zero-order valence-electron chi connectivity index (χ0n) is 17.6. The summed E-state index contributed by atoms with van der Waals surface area (Å²) in [5, 5.41) is 3.00. The second-order valence-electron chi connectivity index (χ2n) is 7.69. The fraction of sp³-hybridized carbons (Fsp3) is 0.458. The Bertz CT molecular complexity index is 809. The summed E-state index contributed by atoms with van der Waals surface area (Å²) < 4.78 is 12.4. The highest BCUT2D eigenvalue weighted by Gasteiger charge is 2.18. The zero-order chi connectivity index (χ0) is 21.2. The number of benzene rings is 2. The van der Waals surface area contributed by atoms with E-state index in [9.17, 15) is 4.79 Å². The summed E-state index contributed by atoms with van der Waals surface area (Å²) in [6, 6.07) is 16.5. The van der Waals surface area contributed by atoms with Crippen LogP contribution >= 0.6 is 15.9 Å². The van der Waals surface area contributed by atoms with E-state index in [0.717, 1.165) is 60.4 Å². The van der Waals surface area contributed by atoms with Crippen LogP contribution in [0.25, 0.3) is 0 Å². The molecular weight excluding hydrogens is 444 g/mol. The summed E-state index contributed by atoms with van der Waals surface area (Å²) >= 11 is 3.53. The van der Waals surface area contributed by atoms with Crippen molar-refractivity contribution in [2.75, 3.05) is 33.4 Å². The lowest BCUT2D eigenvalue weighted by atomic mass is 10.1. The van der Waals surface area contributed by atoms with Crippen molar-refractivity contribution in [2.45, 2.75) is 38.3 Å². The van der Waals surface area contributed by atoms with Crippen LogP contribution in [0.2, 0.25) is 0 Å². The molecule has 2 aromatic rings. The van der Waals surface area contributed by atoms with E-state index >= 15 is 0 Å². The third-order valence-electron chi connectivity index (χ3n) is 5.49. The van der Waals surface area contributed by atoms with E-state index in [1.807, 2.05) is 48.5 Å². The Morgan fingerprint density at radius 3 is 2.80 bits per heavy atom. The lowest BCUT2D eigenvalue weighted by molar-refractivity contribution is -0.121. The number of aryl methyl sites for hydroxylation is 1. The molecule has 0 aliphatic carbocycles. The first-order valence-electron chi connectivity index (χ1n) is 10.6. The molecule has 6 heteroatoms. The van der Waals surface area contributed by atoms with E-state index < -0.39 is 0 Å². The van der Waals surface area contributed by atoms with Gasteiger partial charge in [-0.15, -0.1) is 0 Å². The third-order valence-corrected chi connectivity index (χ3v) is 6.27. The average molecular weight is 475 g/mol. The lowest BCUT2D eigenvalue weighted by Crippen LogP contribution is -2.38. The number of carbonyl (C=O) groups is 1. The number of hydrogen-bond donors (Lipinski definition) is 1. The van der Waals surface area contributed by atoms with Crippen molar-refractivity contribution in [3.63, 3.8) is 0 Å². The Hall–Kier alpha value is -1.89. The molecule has 0 unspecified atom stereocenters. The van der Waals surface area contributed by atoms with Crippen molar-refractivity contribution in [1.29, 1.82) is 0 Å². The number of rotatable bonds is 10. The largest absolute Gasteiger partial charge is 0.492 e. The monoisotopic (exact) mass is 474 g/mol. The van der Waals surface area contributed by atoms with Gasteiger partial charge in [-0.1, -0.05) is 46.3 Å². The van der Waals surface area contributed by atoms with Gasteiger partial charge in [0.15, 0.2) is 0 Å². The number of hydrogen-bond acceptors (Lipinski definition) is 4. The van der Waals surface area contributed by atoms with Crippen molar-refractivity contribution in [2.24, 2.45) is 0 Å². The number of nitrogens with one attached hydrogen (secondary N) is 1. The van der Waals surface area contributed by atoms with Crippen LogP contribution in [0.4, 0.5) is 0 Å². The van der Waals surface area contributed by atoms with Gasteiger partial charge in [-0.05, 0) is 55.6 Å². The van der Waals surface area contributed by atoms with Crippen molar-refractivity contribution in [3.05, 3.63) is 64.1 Å². The molecule has 5 nitrogen and oxygen atoms in total. The minimum Gasteiger partial charge on any atom is -0.492 e. The molecule has 0 atom stereocenters. The minimum atomic E-state index is 0.0511. The summed E-state index contributed by atoms with van der Waals surface area (Å²) in [5.41, 5.74) is 2.19. The van der Waals surface area contributed by atoms with E-state index in [-0.39, 0.29) is 5.91 Å². The first kappa shape index (κ1) is 22.8. The molecule has 2 aromatic carbocycles. The molecule has 162 valence electrons. The van der Waals surface area contributed by atoms with Gasteiger partial charge >= 0.3 is 0 Å². The summed E-state index contributed by atoms with van der Waals surface area (Å²) in [6.45, 7) is 3.75. The van der Waals surface area contributed by atoms with E-state index in [4.69, 9.17) is 9.47 Å². The van der Waals surface area contributed by atoms with E-state index in [2.05, 4.69) is 33.2 Å². The molecular formula is C24H31BrN2O3. The molecule has 1 fully saturated rings. The number of carbonyl (C=O) groups excluding carboxylic acids is 1. The molecule has 0 spiro atoms. The summed E-state index contributed by atoms with van der Waals surface area (Å²) in [7, 11) is 2.15. The highest BCUT2D eigenvalue weighted by Crippen LogP contribution is 2.18. The average Bonchev–Trinajstić information content (AvgIpc) is 2.78. The van der Waals surface area contributed by atoms with Crippen LogP contribution in [0.3, 0.4) is 0 Å². The summed E-state index contributed by atoms with van der Waals surface area (Å²) in [4.78, 5) is 14.6. The number of nitrogens with zero attached hydrogens (tertiary/aromatic N) is 1. The first-order valence-corrected chi connectivity index (χ1v) is 11.4. The smallest absolute Gasteiger partial charge is 0.220 e. The van der Waals surface area contributed by atoms with Gasteiger partial charge in [0, 0.05) is 43.2 Å². The van der Waals surface area contributed by atoms with Crippen molar-refractivity contribution < 1.29 is 14.3 Å². The number of halogens is 1. The Morgan fingerprint density at radius 1 is 1.20 bits per heavy atom. The van der Waals surface area contributed by atoms with Crippen LogP contribution in [0.15, 0.2) is 53.0 Å². The molecule has 1 saturated heterocycles. The van der Waals surface area contributed by atoms with Gasteiger partial charge in [0.2, 0.25) is 5.91 Å². The maximum Gasteiger partial charge on any atom is 0.220 e. The normalized spacial score (nSPS) is 14.6. The van der Waals surface area contributed by atoms with Gasteiger partial charge in [-0.3, -0.25) is 9.69 Å². The number of amides is 1.